The Morgan fingerprint density at radius 2 is 2.17 bits per heavy atom. The Kier molecular flexibility index (Phi) is 5.09. The highest BCUT2D eigenvalue weighted by atomic mass is 19.1. The van der Waals surface area contributed by atoms with Gasteiger partial charge < -0.3 is 10.5 Å². The van der Waals surface area contributed by atoms with E-state index in [0.29, 0.717) is 17.9 Å². The number of methoxy groups -OCH3 is 1. The molecular formula is C13H19FN2O2. The van der Waals surface area contributed by atoms with E-state index < -0.39 is 5.91 Å². The zero-order chi connectivity index (χ0) is 13.7. The predicted molar refractivity (Wildman–Crippen MR) is 67.7 cm³/mol. The fourth-order valence-corrected chi connectivity index (χ4v) is 1.71. The first-order chi connectivity index (χ1) is 8.43. The zero-order valence-electron chi connectivity index (χ0n) is 10.9. The molecule has 0 aliphatic heterocycles. The van der Waals surface area contributed by atoms with Gasteiger partial charge in [-0.25, -0.2) is 4.39 Å². The second-order valence-corrected chi connectivity index (χ2v) is 4.42. The number of primary amides is 1. The van der Waals surface area contributed by atoms with Gasteiger partial charge in [-0.1, -0.05) is 0 Å². The van der Waals surface area contributed by atoms with E-state index in [4.69, 9.17) is 10.5 Å². The summed E-state index contributed by atoms with van der Waals surface area (Å²) in [5.41, 5.74) is 5.90. The van der Waals surface area contributed by atoms with Gasteiger partial charge in [-0.2, -0.15) is 0 Å². The van der Waals surface area contributed by atoms with E-state index in [1.54, 1.807) is 6.07 Å². The molecule has 1 aromatic rings. The summed E-state index contributed by atoms with van der Waals surface area (Å²) < 4.78 is 18.4. The third-order valence-corrected chi connectivity index (χ3v) is 2.71. The van der Waals surface area contributed by atoms with E-state index in [1.165, 1.54) is 19.2 Å². The van der Waals surface area contributed by atoms with E-state index in [-0.39, 0.29) is 18.4 Å². The molecule has 0 bridgehead atoms. The van der Waals surface area contributed by atoms with Crippen molar-refractivity contribution in [2.24, 2.45) is 5.73 Å². The van der Waals surface area contributed by atoms with Gasteiger partial charge >= 0.3 is 0 Å². The van der Waals surface area contributed by atoms with Crippen molar-refractivity contribution in [3.05, 3.63) is 29.6 Å². The second-order valence-electron chi connectivity index (χ2n) is 4.42. The molecule has 1 aromatic carbocycles. The van der Waals surface area contributed by atoms with Crippen LogP contribution in [0.15, 0.2) is 18.2 Å². The lowest BCUT2D eigenvalue weighted by Crippen LogP contribution is -2.38. The standard InChI is InChI=1S/C13H19FN2O2/c1-9(2)16(8-13(15)17)7-10-6-11(14)4-5-12(10)18-3/h4-6,9H,7-8H2,1-3H3,(H2,15,17). The van der Waals surface area contributed by atoms with Crippen LogP contribution < -0.4 is 10.5 Å². The lowest BCUT2D eigenvalue weighted by Gasteiger charge is -2.25. The highest BCUT2D eigenvalue weighted by Crippen LogP contribution is 2.21. The maximum atomic E-state index is 13.2. The Balaban J connectivity index is 2.92. The summed E-state index contributed by atoms with van der Waals surface area (Å²) in [6.07, 6.45) is 0. The van der Waals surface area contributed by atoms with Gasteiger partial charge in [-0.15, -0.1) is 0 Å². The summed E-state index contributed by atoms with van der Waals surface area (Å²) in [7, 11) is 1.53. The molecule has 0 saturated heterocycles. The summed E-state index contributed by atoms with van der Waals surface area (Å²) in [5.74, 6) is -0.126. The van der Waals surface area contributed by atoms with Crippen LogP contribution in [0.25, 0.3) is 0 Å². The SMILES string of the molecule is COc1ccc(F)cc1CN(CC(N)=O)C(C)C. The lowest BCUT2D eigenvalue weighted by atomic mass is 10.1. The number of nitrogens with two attached hydrogens (primary N) is 1. The van der Waals surface area contributed by atoms with Crippen LogP contribution in [0.5, 0.6) is 5.75 Å². The Hall–Kier alpha value is -1.62. The van der Waals surface area contributed by atoms with Gasteiger partial charge in [0.2, 0.25) is 5.91 Å². The van der Waals surface area contributed by atoms with Crippen molar-refractivity contribution in [1.29, 1.82) is 0 Å². The van der Waals surface area contributed by atoms with Crippen LogP contribution in [-0.4, -0.2) is 30.5 Å². The van der Waals surface area contributed by atoms with Crippen molar-refractivity contribution in [1.82, 2.24) is 4.90 Å². The van der Waals surface area contributed by atoms with E-state index in [0.717, 1.165) is 0 Å². The lowest BCUT2D eigenvalue weighted by molar-refractivity contribution is -0.119. The van der Waals surface area contributed by atoms with Crippen LogP contribution in [0.4, 0.5) is 4.39 Å². The number of nitrogens with zero attached hydrogens (tertiary/aromatic N) is 1. The number of halogens is 1. The number of carbonyl (C=O) groups excluding carboxylic acids is 1. The van der Waals surface area contributed by atoms with Crippen LogP contribution in [0.1, 0.15) is 19.4 Å². The van der Waals surface area contributed by atoms with Crippen LogP contribution in [0, 0.1) is 5.82 Å². The Morgan fingerprint density at radius 1 is 1.50 bits per heavy atom. The van der Waals surface area contributed by atoms with Gasteiger partial charge in [0.05, 0.1) is 13.7 Å². The van der Waals surface area contributed by atoms with Crippen molar-refractivity contribution in [2.75, 3.05) is 13.7 Å². The van der Waals surface area contributed by atoms with Crippen molar-refractivity contribution >= 4 is 5.91 Å². The van der Waals surface area contributed by atoms with E-state index in [9.17, 15) is 9.18 Å². The van der Waals surface area contributed by atoms with Crippen LogP contribution in [0.2, 0.25) is 0 Å². The maximum Gasteiger partial charge on any atom is 0.231 e. The third-order valence-electron chi connectivity index (χ3n) is 2.71. The molecule has 1 rings (SSSR count). The average Bonchev–Trinajstić information content (AvgIpc) is 2.27. The molecule has 0 aliphatic rings. The molecule has 0 spiro atoms. The maximum absolute atomic E-state index is 13.2. The fraction of sp³-hybridized carbons (Fsp3) is 0.462. The molecule has 2 N–H and O–H groups in total. The Morgan fingerprint density at radius 3 is 2.67 bits per heavy atom. The van der Waals surface area contributed by atoms with Gasteiger partial charge in [0.1, 0.15) is 11.6 Å². The van der Waals surface area contributed by atoms with Crippen LogP contribution in [0.3, 0.4) is 0 Å². The normalized spacial score (nSPS) is 11.0. The highest BCUT2D eigenvalue weighted by Gasteiger charge is 2.15. The van der Waals surface area contributed by atoms with Crippen LogP contribution in [-0.2, 0) is 11.3 Å². The molecule has 0 fully saturated rings. The molecule has 5 heteroatoms. The minimum atomic E-state index is -0.404. The molecule has 18 heavy (non-hydrogen) atoms. The van der Waals surface area contributed by atoms with Gasteiger partial charge in [-0.3, -0.25) is 9.69 Å². The quantitative estimate of drug-likeness (QED) is 0.837. The molecule has 0 aliphatic carbocycles. The van der Waals surface area contributed by atoms with Gasteiger partial charge in [-0.05, 0) is 32.0 Å². The van der Waals surface area contributed by atoms with Crippen molar-refractivity contribution in [3.8, 4) is 5.75 Å². The minimum absolute atomic E-state index is 0.130. The number of amides is 1. The monoisotopic (exact) mass is 254 g/mol. The van der Waals surface area contributed by atoms with Crippen molar-refractivity contribution < 1.29 is 13.9 Å². The summed E-state index contributed by atoms with van der Waals surface area (Å²) >= 11 is 0. The number of ether oxygens (including phenoxy) is 1. The first-order valence-electron chi connectivity index (χ1n) is 5.78. The van der Waals surface area contributed by atoms with Crippen LogP contribution >= 0.6 is 0 Å². The van der Waals surface area contributed by atoms with Crippen molar-refractivity contribution in [3.63, 3.8) is 0 Å². The molecule has 0 atom stereocenters. The van der Waals surface area contributed by atoms with Crippen molar-refractivity contribution in [2.45, 2.75) is 26.4 Å². The van der Waals surface area contributed by atoms with E-state index in [2.05, 4.69) is 0 Å². The largest absolute Gasteiger partial charge is 0.496 e. The van der Waals surface area contributed by atoms with Gasteiger partial charge in [0.15, 0.2) is 0 Å². The Bertz CT molecular complexity index is 421. The Labute approximate surface area is 107 Å². The molecule has 0 heterocycles. The topological polar surface area (TPSA) is 55.6 Å². The molecule has 100 valence electrons. The smallest absolute Gasteiger partial charge is 0.231 e. The molecule has 0 saturated carbocycles. The predicted octanol–water partition coefficient (Wildman–Crippen LogP) is 1.53. The third kappa shape index (κ3) is 4.00. The molecule has 0 unspecified atom stereocenters. The second kappa shape index (κ2) is 6.35. The summed E-state index contributed by atoms with van der Waals surface area (Å²) in [6.45, 7) is 4.46. The average molecular weight is 254 g/mol. The number of hydrogen-bond acceptors (Lipinski definition) is 3. The first-order valence-corrected chi connectivity index (χ1v) is 5.78. The van der Waals surface area contributed by atoms with E-state index in [1.807, 2.05) is 18.7 Å². The van der Waals surface area contributed by atoms with Gasteiger partial charge in [0, 0.05) is 18.2 Å². The summed E-state index contributed by atoms with van der Waals surface area (Å²) in [4.78, 5) is 12.9. The van der Waals surface area contributed by atoms with E-state index >= 15 is 0 Å². The molecule has 0 radical (unpaired) electrons. The molecule has 1 amide bonds. The molecule has 4 nitrogen and oxygen atoms in total. The summed E-state index contributed by atoms with van der Waals surface area (Å²) in [5, 5.41) is 0. The summed E-state index contributed by atoms with van der Waals surface area (Å²) in [6, 6.07) is 4.46. The highest BCUT2D eigenvalue weighted by molar-refractivity contribution is 5.75. The minimum Gasteiger partial charge on any atom is -0.496 e. The first kappa shape index (κ1) is 14.4. The fourth-order valence-electron chi connectivity index (χ4n) is 1.71. The number of hydrogen-bond donors (Lipinski definition) is 1. The number of carbonyl (C=O) groups is 1. The number of rotatable bonds is 6. The zero-order valence-corrected chi connectivity index (χ0v) is 10.9. The molecular weight excluding hydrogens is 235 g/mol. The molecule has 0 aromatic heterocycles. The number of benzene rings is 1. The van der Waals surface area contributed by atoms with Gasteiger partial charge in [0.25, 0.3) is 0 Å².